The van der Waals surface area contributed by atoms with Crippen molar-refractivity contribution >= 4 is 17.6 Å². The minimum atomic E-state index is -0.516. The number of rotatable bonds is 5. The second-order valence-electron chi connectivity index (χ2n) is 7.72. The molecule has 29 heavy (non-hydrogen) atoms. The number of aliphatic hydroxyl groups is 1. The molecular formula is C23H29N3O3. The second kappa shape index (κ2) is 9.67. The zero-order valence-corrected chi connectivity index (χ0v) is 17.0. The van der Waals surface area contributed by atoms with Gasteiger partial charge in [-0.05, 0) is 68.5 Å². The number of nitrogens with one attached hydrogen (secondary N) is 2. The van der Waals surface area contributed by atoms with Gasteiger partial charge in [-0.2, -0.15) is 0 Å². The third-order valence-electron chi connectivity index (χ3n) is 5.69. The number of urea groups is 1. The number of imide groups is 1. The summed E-state index contributed by atoms with van der Waals surface area (Å²) in [5.41, 5.74) is 3.70. The molecule has 154 valence electrons. The Morgan fingerprint density at radius 1 is 1.07 bits per heavy atom. The van der Waals surface area contributed by atoms with E-state index in [1.807, 2.05) is 67.3 Å². The van der Waals surface area contributed by atoms with Crippen molar-refractivity contribution in [1.29, 1.82) is 0 Å². The lowest BCUT2D eigenvalue weighted by atomic mass is 9.87. The Balaban J connectivity index is 1.43. The monoisotopic (exact) mass is 395 g/mol. The predicted molar refractivity (Wildman–Crippen MR) is 114 cm³/mol. The fourth-order valence-electron chi connectivity index (χ4n) is 3.76. The van der Waals surface area contributed by atoms with Crippen LogP contribution >= 0.6 is 0 Å². The zero-order chi connectivity index (χ0) is 20.8. The highest BCUT2D eigenvalue weighted by atomic mass is 16.3. The molecule has 1 atom stereocenters. The number of hydrogen-bond donors (Lipinski definition) is 3. The summed E-state index contributed by atoms with van der Waals surface area (Å²) in [5, 5.41) is 15.7. The van der Waals surface area contributed by atoms with E-state index in [2.05, 4.69) is 10.6 Å². The van der Waals surface area contributed by atoms with Crippen molar-refractivity contribution in [1.82, 2.24) is 10.2 Å². The summed E-state index contributed by atoms with van der Waals surface area (Å²) in [6, 6.07) is 14.8. The molecule has 1 fully saturated rings. The average Bonchev–Trinajstić information content (AvgIpc) is 2.72. The van der Waals surface area contributed by atoms with Crippen molar-refractivity contribution in [2.75, 3.05) is 25.0 Å². The van der Waals surface area contributed by atoms with Crippen molar-refractivity contribution < 1.29 is 14.7 Å². The lowest BCUT2D eigenvalue weighted by Gasteiger charge is -2.33. The molecule has 0 aliphatic carbocycles. The highest BCUT2D eigenvalue weighted by Crippen LogP contribution is 2.30. The number of aryl methyl sites for hydroxylation is 1. The van der Waals surface area contributed by atoms with Crippen LogP contribution in [0.5, 0.6) is 0 Å². The summed E-state index contributed by atoms with van der Waals surface area (Å²) < 4.78 is 0. The molecule has 3 N–H and O–H groups in total. The fraction of sp³-hybridized carbons (Fsp3) is 0.391. The van der Waals surface area contributed by atoms with Crippen molar-refractivity contribution in [3.63, 3.8) is 0 Å². The summed E-state index contributed by atoms with van der Waals surface area (Å²) in [5.74, 6) is -0.140. The van der Waals surface area contributed by atoms with Crippen LogP contribution < -0.4 is 10.6 Å². The number of piperidine rings is 1. The number of aliphatic hydroxyl groups excluding tert-OH is 1. The first-order valence-electron chi connectivity index (χ1n) is 10.1. The van der Waals surface area contributed by atoms with Gasteiger partial charge in [-0.3, -0.25) is 15.0 Å². The molecule has 1 saturated heterocycles. The highest BCUT2D eigenvalue weighted by molar-refractivity contribution is 6.02. The summed E-state index contributed by atoms with van der Waals surface area (Å²) >= 11 is 0. The van der Waals surface area contributed by atoms with E-state index >= 15 is 0 Å². The third-order valence-corrected chi connectivity index (χ3v) is 5.69. The van der Waals surface area contributed by atoms with E-state index < -0.39 is 12.1 Å². The van der Waals surface area contributed by atoms with E-state index in [-0.39, 0.29) is 18.4 Å². The van der Waals surface area contributed by atoms with Crippen LogP contribution in [0, 0.1) is 19.8 Å². The van der Waals surface area contributed by atoms with Crippen LogP contribution in [0.1, 0.15) is 35.6 Å². The Hall–Kier alpha value is -2.70. The van der Waals surface area contributed by atoms with E-state index in [1.165, 1.54) is 0 Å². The number of anilines is 1. The average molecular weight is 396 g/mol. The van der Waals surface area contributed by atoms with Crippen molar-refractivity contribution in [3.05, 3.63) is 65.2 Å². The Labute approximate surface area is 171 Å². The molecule has 3 rings (SSSR count). The minimum Gasteiger partial charge on any atom is -0.388 e. The molecule has 6 heteroatoms. The summed E-state index contributed by atoms with van der Waals surface area (Å²) in [7, 11) is 0. The van der Waals surface area contributed by atoms with E-state index in [0.717, 1.165) is 42.6 Å². The Morgan fingerprint density at radius 2 is 1.76 bits per heavy atom. The first-order chi connectivity index (χ1) is 13.9. The molecule has 2 aromatic rings. The molecule has 0 bridgehead atoms. The Morgan fingerprint density at radius 3 is 2.45 bits per heavy atom. The number of amides is 3. The van der Waals surface area contributed by atoms with E-state index in [4.69, 9.17) is 0 Å². The van der Waals surface area contributed by atoms with E-state index in [9.17, 15) is 14.7 Å². The number of benzene rings is 2. The number of likely N-dealkylation sites (tertiary alicyclic amines) is 1. The molecule has 1 heterocycles. The van der Waals surface area contributed by atoms with Crippen molar-refractivity contribution in [2.24, 2.45) is 5.92 Å². The molecule has 0 saturated carbocycles. The highest BCUT2D eigenvalue weighted by Gasteiger charge is 2.27. The molecular weight excluding hydrogens is 366 g/mol. The number of nitrogens with zero attached hydrogens (tertiary/aromatic N) is 1. The summed E-state index contributed by atoms with van der Waals surface area (Å²) in [6.07, 6.45) is 1.16. The largest absolute Gasteiger partial charge is 0.388 e. The fourth-order valence-corrected chi connectivity index (χ4v) is 3.76. The van der Waals surface area contributed by atoms with Gasteiger partial charge < -0.3 is 10.4 Å². The normalized spacial score (nSPS) is 16.2. The Bertz CT molecular complexity index is 846. The zero-order valence-electron chi connectivity index (χ0n) is 17.0. The van der Waals surface area contributed by atoms with Gasteiger partial charge in [-0.25, -0.2) is 4.79 Å². The standard InChI is InChI=1S/C23H29N3O3/c1-16-7-6-10-20(17(16)2)24-23(29)25-21(27)15-26-13-11-19(12-14-26)22(28)18-8-4-3-5-9-18/h3-10,19,22,28H,11-15H2,1-2H3,(H2,24,25,27,29). The van der Waals surface area contributed by atoms with Crippen molar-refractivity contribution in [3.8, 4) is 0 Å². The first-order valence-corrected chi connectivity index (χ1v) is 10.1. The lowest BCUT2D eigenvalue weighted by Crippen LogP contribution is -2.45. The number of carbonyl (C=O) groups is 2. The lowest BCUT2D eigenvalue weighted by molar-refractivity contribution is -0.121. The Kier molecular flexibility index (Phi) is 7.01. The number of carbonyl (C=O) groups excluding carboxylic acids is 2. The smallest absolute Gasteiger partial charge is 0.325 e. The maximum Gasteiger partial charge on any atom is 0.325 e. The van der Waals surface area contributed by atoms with Gasteiger partial charge in [0.2, 0.25) is 5.91 Å². The van der Waals surface area contributed by atoms with Gasteiger partial charge in [0, 0.05) is 5.69 Å². The molecule has 2 aromatic carbocycles. The van der Waals surface area contributed by atoms with Crippen LogP contribution in [0.25, 0.3) is 0 Å². The second-order valence-corrected chi connectivity index (χ2v) is 7.72. The molecule has 0 spiro atoms. The van der Waals surface area contributed by atoms with Gasteiger partial charge >= 0.3 is 6.03 Å². The quantitative estimate of drug-likeness (QED) is 0.725. The van der Waals surface area contributed by atoms with Crippen LogP contribution in [-0.4, -0.2) is 41.6 Å². The number of hydrogen-bond acceptors (Lipinski definition) is 4. The van der Waals surface area contributed by atoms with Gasteiger partial charge in [0.25, 0.3) is 0 Å². The predicted octanol–water partition coefficient (Wildman–Crippen LogP) is 3.40. The van der Waals surface area contributed by atoms with Crippen LogP contribution in [-0.2, 0) is 4.79 Å². The molecule has 1 aliphatic rings. The molecule has 0 radical (unpaired) electrons. The molecule has 0 aromatic heterocycles. The minimum absolute atomic E-state index is 0.175. The van der Waals surface area contributed by atoms with Crippen molar-refractivity contribution in [2.45, 2.75) is 32.8 Å². The third kappa shape index (κ3) is 5.65. The topological polar surface area (TPSA) is 81.7 Å². The molecule has 6 nitrogen and oxygen atoms in total. The van der Waals surface area contributed by atoms with Gasteiger partial charge in [0.05, 0.1) is 12.6 Å². The first kappa shape index (κ1) is 21.0. The summed E-state index contributed by atoms with van der Waals surface area (Å²) in [6.45, 7) is 5.53. The van der Waals surface area contributed by atoms with Gasteiger partial charge in [0.1, 0.15) is 0 Å². The maximum absolute atomic E-state index is 12.2. The van der Waals surface area contributed by atoms with Gasteiger partial charge in [0.15, 0.2) is 0 Å². The van der Waals surface area contributed by atoms with E-state index in [0.29, 0.717) is 5.69 Å². The van der Waals surface area contributed by atoms with Gasteiger partial charge in [-0.1, -0.05) is 42.5 Å². The van der Waals surface area contributed by atoms with Crippen LogP contribution in [0.2, 0.25) is 0 Å². The molecule has 1 unspecified atom stereocenters. The maximum atomic E-state index is 12.2. The SMILES string of the molecule is Cc1cccc(NC(=O)NC(=O)CN2CCC(C(O)c3ccccc3)CC2)c1C. The van der Waals surface area contributed by atoms with Gasteiger partial charge in [-0.15, -0.1) is 0 Å². The van der Waals surface area contributed by atoms with Crippen LogP contribution in [0.15, 0.2) is 48.5 Å². The summed E-state index contributed by atoms with van der Waals surface area (Å²) in [4.78, 5) is 26.4. The van der Waals surface area contributed by atoms with Crippen LogP contribution in [0.4, 0.5) is 10.5 Å². The van der Waals surface area contributed by atoms with E-state index in [1.54, 1.807) is 0 Å². The molecule has 1 aliphatic heterocycles. The van der Waals surface area contributed by atoms with Crippen LogP contribution in [0.3, 0.4) is 0 Å². The molecule has 3 amide bonds.